The van der Waals surface area contributed by atoms with Gasteiger partial charge in [-0.3, -0.25) is 14.5 Å². The smallest absolute Gasteiger partial charge is 0.328 e. The predicted molar refractivity (Wildman–Crippen MR) is 148 cm³/mol. The average molecular weight is 633 g/mol. The van der Waals surface area contributed by atoms with Crippen molar-refractivity contribution in [1.29, 1.82) is 0 Å². The Morgan fingerprint density at radius 1 is 1.05 bits per heavy atom. The van der Waals surface area contributed by atoms with Gasteiger partial charge < -0.3 is 30.1 Å². The first-order valence-electron chi connectivity index (χ1n) is 13.4. The molecule has 1 saturated heterocycles. The minimum Gasteiger partial charge on any atom is -0.483 e. The van der Waals surface area contributed by atoms with Crippen molar-refractivity contribution < 1.29 is 43.9 Å². The fraction of sp³-hybridized carbons (Fsp3) is 0.393. The first-order valence-corrected chi connectivity index (χ1v) is 14.6. The minimum atomic E-state index is -1.84. The molecule has 0 unspecified atom stereocenters. The summed E-state index contributed by atoms with van der Waals surface area (Å²) in [5, 5.41) is 48.7. The average Bonchev–Trinajstić information content (AvgIpc) is 3.62. The lowest BCUT2D eigenvalue weighted by Gasteiger charge is -2.38. The van der Waals surface area contributed by atoms with E-state index in [1.165, 1.54) is 15.9 Å². The molecular weight excluding hydrogens is 607 g/mol. The van der Waals surface area contributed by atoms with Crippen molar-refractivity contribution in [3.63, 3.8) is 0 Å². The monoisotopic (exact) mass is 632 g/mol. The third kappa shape index (κ3) is 5.12. The number of halogens is 2. The van der Waals surface area contributed by atoms with Crippen molar-refractivity contribution in [1.82, 2.24) is 20.0 Å². The molecule has 2 aliphatic carbocycles. The lowest BCUT2D eigenvalue weighted by Crippen LogP contribution is -2.57. The van der Waals surface area contributed by atoms with Crippen LogP contribution in [0.4, 0.5) is 9.18 Å². The number of carbonyl (C=O) groups excluding carboxylic acids is 2. The minimum absolute atomic E-state index is 0.0285. The van der Waals surface area contributed by atoms with E-state index in [2.05, 4.69) is 10.2 Å². The standard InChI is InChI=1S/C28H26ClFN4O8S/c29-19-14(6-7-16(30)23(19)42-17-10-15(25(38)39)20(35)22(37)21(17)36)24-32-31-18(43-24)12-34-27(41)33(26(40)28(34)8-9-28)11-13-4-2-1-3-5-13/h1-7,15,17,20-22,35-37H,8-12H2,(H,38,39)/t15-,17+,20+,21-,22-/m0/s1. The summed E-state index contributed by atoms with van der Waals surface area (Å²) in [5.74, 6) is -4.53. The Kier molecular flexibility index (Phi) is 7.59. The number of hydrogen-bond donors (Lipinski definition) is 4. The Hall–Kier alpha value is -3.69. The number of aliphatic hydroxyl groups excluding tert-OH is 3. The van der Waals surface area contributed by atoms with Crippen LogP contribution in [-0.4, -0.2) is 88.3 Å². The molecule has 3 fully saturated rings. The Balaban J connectivity index is 1.21. The SMILES string of the molecule is O=C(O)[C@H]1C[C@@H](Oc2c(F)ccc(-c3nnc(CN4C(=O)N(Cc5ccccc5)C(=O)C45CC5)s3)c2Cl)[C@H](O)[C@@H](O)[C@@H]1O. The van der Waals surface area contributed by atoms with Crippen LogP contribution < -0.4 is 4.74 Å². The molecular formula is C28H26ClFN4O8S. The van der Waals surface area contributed by atoms with Crippen LogP contribution in [0.3, 0.4) is 0 Å². The molecule has 0 radical (unpaired) electrons. The molecule has 12 nitrogen and oxygen atoms in total. The van der Waals surface area contributed by atoms with Crippen molar-refractivity contribution in [2.75, 3.05) is 0 Å². The van der Waals surface area contributed by atoms with E-state index < -0.39 is 65.9 Å². The second-order valence-electron chi connectivity index (χ2n) is 10.8. The Morgan fingerprint density at radius 2 is 1.77 bits per heavy atom. The summed E-state index contributed by atoms with van der Waals surface area (Å²) in [4.78, 5) is 40.8. The largest absolute Gasteiger partial charge is 0.483 e. The van der Waals surface area contributed by atoms with Crippen molar-refractivity contribution in [2.45, 2.75) is 62.3 Å². The highest BCUT2D eigenvalue weighted by molar-refractivity contribution is 7.14. The van der Waals surface area contributed by atoms with E-state index in [9.17, 15) is 39.2 Å². The number of carbonyl (C=O) groups is 3. The normalized spacial score (nSPS) is 26.3. The number of carboxylic acid groups (broad SMARTS) is 1. The number of amides is 3. The Bertz CT molecular complexity index is 1590. The van der Waals surface area contributed by atoms with E-state index >= 15 is 0 Å². The van der Waals surface area contributed by atoms with Gasteiger partial charge in [0.2, 0.25) is 0 Å². The van der Waals surface area contributed by atoms with Gasteiger partial charge in [0.15, 0.2) is 11.6 Å². The molecule has 43 heavy (non-hydrogen) atoms. The molecule has 1 aromatic heterocycles. The maximum Gasteiger partial charge on any atom is 0.328 e. The highest BCUT2D eigenvalue weighted by Gasteiger charge is 2.64. The van der Waals surface area contributed by atoms with E-state index in [0.717, 1.165) is 23.0 Å². The molecule has 5 atom stereocenters. The Morgan fingerprint density at radius 3 is 2.44 bits per heavy atom. The lowest BCUT2D eigenvalue weighted by atomic mass is 9.81. The van der Waals surface area contributed by atoms with Crippen LogP contribution in [0.1, 0.15) is 29.8 Å². The number of aliphatic carboxylic acids is 1. The molecule has 2 heterocycles. The number of carboxylic acids is 1. The second kappa shape index (κ2) is 11.1. The van der Waals surface area contributed by atoms with E-state index in [1.807, 2.05) is 30.3 Å². The highest BCUT2D eigenvalue weighted by atomic mass is 35.5. The molecule has 3 amide bonds. The van der Waals surface area contributed by atoms with Crippen LogP contribution in [0.5, 0.6) is 5.75 Å². The quantitative estimate of drug-likeness (QED) is 0.270. The zero-order chi connectivity index (χ0) is 30.6. The summed E-state index contributed by atoms with van der Waals surface area (Å²) in [5.41, 5.74) is 0.144. The van der Waals surface area contributed by atoms with E-state index in [4.69, 9.17) is 16.3 Å². The lowest BCUT2D eigenvalue weighted by molar-refractivity contribution is -0.174. The maximum absolute atomic E-state index is 14.9. The van der Waals surface area contributed by atoms with Crippen LogP contribution in [0.2, 0.25) is 5.02 Å². The zero-order valence-electron chi connectivity index (χ0n) is 22.3. The van der Waals surface area contributed by atoms with Gasteiger partial charge in [-0.2, -0.15) is 0 Å². The van der Waals surface area contributed by atoms with Crippen molar-refractivity contribution >= 4 is 40.8 Å². The van der Waals surface area contributed by atoms with Gasteiger partial charge in [0.25, 0.3) is 5.91 Å². The number of aromatic nitrogens is 2. The van der Waals surface area contributed by atoms with Gasteiger partial charge in [-0.25, -0.2) is 9.18 Å². The molecule has 6 rings (SSSR count). The molecule has 3 aliphatic rings. The third-order valence-electron chi connectivity index (χ3n) is 8.13. The fourth-order valence-corrected chi connectivity index (χ4v) is 6.78. The van der Waals surface area contributed by atoms with Gasteiger partial charge in [0.1, 0.15) is 33.9 Å². The van der Waals surface area contributed by atoms with Gasteiger partial charge in [-0.1, -0.05) is 53.3 Å². The third-order valence-corrected chi connectivity index (χ3v) is 9.45. The molecule has 2 saturated carbocycles. The van der Waals surface area contributed by atoms with E-state index in [-0.39, 0.29) is 34.6 Å². The van der Waals surface area contributed by atoms with Crippen molar-refractivity contribution in [3.05, 3.63) is 63.9 Å². The number of hydrogen-bond acceptors (Lipinski definition) is 10. The highest BCUT2D eigenvalue weighted by Crippen LogP contribution is 2.49. The topological polar surface area (TPSA) is 174 Å². The van der Waals surface area contributed by atoms with Crippen LogP contribution in [-0.2, 0) is 22.7 Å². The first kappa shape index (κ1) is 29.4. The molecule has 15 heteroatoms. The summed E-state index contributed by atoms with van der Waals surface area (Å²) in [7, 11) is 0. The van der Waals surface area contributed by atoms with Gasteiger partial charge in [-0.15, -0.1) is 10.2 Å². The predicted octanol–water partition coefficient (Wildman–Crippen LogP) is 2.43. The molecule has 4 N–H and O–H groups in total. The Labute approximate surface area is 252 Å². The number of urea groups is 1. The zero-order valence-corrected chi connectivity index (χ0v) is 23.9. The molecule has 1 aliphatic heterocycles. The van der Waals surface area contributed by atoms with Gasteiger partial charge in [0, 0.05) is 12.0 Å². The number of aliphatic hydroxyl groups is 3. The van der Waals surface area contributed by atoms with Crippen LogP contribution >= 0.6 is 22.9 Å². The van der Waals surface area contributed by atoms with Crippen LogP contribution in [0.15, 0.2) is 42.5 Å². The summed E-state index contributed by atoms with van der Waals surface area (Å²) in [6.07, 6.45) is -6.01. The summed E-state index contributed by atoms with van der Waals surface area (Å²) >= 11 is 7.58. The molecule has 0 bridgehead atoms. The van der Waals surface area contributed by atoms with Gasteiger partial charge in [0.05, 0.1) is 30.1 Å². The maximum atomic E-state index is 14.9. The van der Waals surface area contributed by atoms with Gasteiger partial charge >= 0.3 is 12.0 Å². The second-order valence-corrected chi connectivity index (χ2v) is 12.3. The van der Waals surface area contributed by atoms with E-state index in [1.54, 1.807) is 0 Å². The summed E-state index contributed by atoms with van der Waals surface area (Å²) in [6.45, 7) is 0.186. The van der Waals surface area contributed by atoms with Crippen LogP contribution in [0, 0.1) is 11.7 Å². The molecule has 3 aromatic rings. The summed E-state index contributed by atoms with van der Waals surface area (Å²) in [6, 6.07) is 11.2. The number of rotatable bonds is 8. The fourth-order valence-electron chi connectivity index (χ4n) is 5.58. The van der Waals surface area contributed by atoms with Crippen molar-refractivity contribution in [3.8, 4) is 16.3 Å². The first-order chi connectivity index (χ1) is 20.5. The molecule has 226 valence electrons. The van der Waals surface area contributed by atoms with E-state index in [0.29, 0.717) is 17.8 Å². The summed E-state index contributed by atoms with van der Waals surface area (Å²) < 4.78 is 20.5. The number of nitrogens with zero attached hydrogens (tertiary/aromatic N) is 4. The molecule has 2 aromatic carbocycles. The molecule has 1 spiro atoms. The van der Waals surface area contributed by atoms with Crippen LogP contribution in [0.25, 0.3) is 10.6 Å². The number of benzene rings is 2. The number of imide groups is 1. The van der Waals surface area contributed by atoms with Crippen molar-refractivity contribution in [2.24, 2.45) is 5.92 Å². The number of ether oxygens (including phenoxy) is 1. The van der Waals surface area contributed by atoms with Gasteiger partial charge in [-0.05, 0) is 30.5 Å².